The van der Waals surface area contributed by atoms with Crippen LogP contribution in [0.3, 0.4) is 0 Å². The number of benzene rings is 2. The second kappa shape index (κ2) is 5.64. The van der Waals surface area contributed by atoms with Gasteiger partial charge in [-0.15, -0.1) is 0 Å². The van der Waals surface area contributed by atoms with Gasteiger partial charge in [-0.25, -0.2) is 0 Å². The van der Waals surface area contributed by atoms with Crippen molar-refractivity contribution in [3.05, 3.63) is 58.1 Å². The molecule has 2 aromatic rings. The Hall–Kier alpha value is -1.18. The smallest absolute Gasteiger partial charge is 0.130 e. The molecular weight excluding hydrogens is 267 g/mol. The van der Waals surface area contributed by atoms with Crippen LogP contribution in [-0.4, -0.2) is 0 Å². The van der Waals surface area contributed by atoms with E-state index in [1.165, 1.54) is 5.56 Å². The molecule has 0 bridgehead atoms. The van der Waals surface area contributed by atoms with Crippen molar-refractivity contribution in [1.29, 1.82) is 0 Å². The molecule has 0 fully saturated rings. The Kier molecular flexibility index (Phi) is 4.15. The predicted molar refractivity (Wildman–Crippen MR) is 77.1 cm³/mol. The Labute approximate surface area is 117 Å². The molecule has 0 saturated carbocycles. The molecule has 2 rings (SSSR count). The molecular formula is C15H14Cl2O. The summed E-state index contributed by atoms with van der Waals surface area (Å²) in [5, 5.41) is 1.13. The van der Waals surface area contributed by atoms with Crippen molar-refractivity contribution in [2.45, 2.75) is 19.8 Å². The first-order valence-corrected chi connectivity index (χ1v) is 6.54. The highest BCUT2D eigenvalue weighted by molar-refractivity contribution is 6.34. The van der Waals surface area contributed by atoms with Gasteiger partial charge in [-0.2, -0.15) is 0 Å². The molecule has 0 N–H and O–H groups in total. The van der Waals surface area contributed by atoms with Crippen molar-refractivity contribution in [2.24, 2.45) is 0 Å². The minimum Gasteiger partial charge on any atom is -0.457 e. The third-order valence-electron chi connectivity index (χ3n) is 2.62. The van der Waals surface area contributed by atoms with Crippen LogP contribution in [0.2, 0.25) is 10.0 Å². The van der Waals surface area contributed by atoms with Gasteiger partial charge >= 0.3 is 0 Å². The Balaban J connectivity index is 2.18. The molecule has 18 heavy (non-hydrogen) atoms. The van der Waals surface area contributed by atoms with Crippen LogP contribution in [0.4, 0.5) is 0 Å². The summed E-state index contributed by atoms with van der Waals surface area (Å²) in [7, 11) is 0. The molecule has 0 unspecified atom stereocenters. The Bertz CT molecular complexity index is 512. The lowest BCUT2D eigenvalue weighted by Gasteiger charge is -2.09. The highest BCUT2D eigenvalue weighted by atomic mass is 35.5. The van der Waals surface area contributed by atoms with Gasteiger partial charge in [0.05, 0.1) is 0 Å². The monoisotopic (exact) mass is 280 g/mol. The summed E-state index contributed by atoms with van der Waals surface area (Å²) < 4.78 is 5.71. The Morgan fingerprint density at radius 1 is 0.833 bits per heavy atom. The molecule has 0 spiro atoms. The van der Waals surface area contributed by atoms with Crippen LogP contribution in [0.1, 0.15) is 25.3 Å². The van der Waals surface area contributed by atoms with E-state index in [2.05, 4.69) is 26.0 Å². The van der Waals surface area contributed by atoms with Crippen LogP contribution in [0.25, 0.3) is 0 Å². The maximum absolute atomic E-state index is 5.92. The van der Waals surface area contributed by atoms with Gasteiger partial charge in [-0.1, -0.05) is 49.2 Å². The van der Waals surface area contributed by atoms with Crippen molar-refractivity contribution >= 4 is 23.2 Å². The fraction of sp³-hybridized carbons (Fsp3) is 0.200. The predicted octanol–water partition coefficient (Wildman–Crippen LogP) is 5.91. The Morgan fingerprint density at radius 2 is 1.39 bits per heavy atom. The molecule has 94 valence electrons. The maximum atomic E-state index is 5.92. The molecule has 0 aliphatic heterocycles. The second-order valence-electron chi connectivity index (χ2n) is 4.43. The normalized spacial score (nSPS) is 10.7. The van der Waals surface area contributed by atoms with Crippen molar-refractivity contribution in [2.75, 3.05) is 0 Å². The van der Waals surface area contributed by atoms with Crippen LogP contribution in [0.5, 0.6) is 11.5 Å². The van der Waals surface area contributed by atoms with E-state index in [0.29, 0.717) is 21.7 Å². The highest BCUT2D eigenvalue weighted by Gasteiger charge is 2.03. The topological polar surface area (TPSA) is 9.23 Å². The van der Waals surface area contributed by atoms with E-state index in [1.54, 1.807) is 18.2 Å². The number of rotatable bonds is 3. The molecule has 0 aliphatic carbocycles. The lowest BCUT2D eigenvalue weighted by atomic mass is 10.0. The van der Waals surface area contributed by atoms with E-state index >= 15 is 0 Å². The van der Waals surface area contributed by atoms with Gasteiger partial charge in [0.1, 0.15) is 11.5 Å². The number of halogens is 2. The summed E-state index contributed by atoms with van der Waals surface area (Å²) in [6.07, 6.45) is 0. The van der Waals surface area contributed by atoms with Crippen LogP contribution in [0.15, 0.2) is 42.5 Å². The fourth-order valence-electron chi connectivity index (χ4n) is 1.64. The van der Waals surface area contributed by atoms with Crippen LogP contribution in [-0.2, 0) is 0 Å². The first-order valence-electron chi connectivity index (χ1n) is 5.78. The van der Waals surface area contributed by atoms with E-state index in [9.17, 15) is 0 Å². The van der Waals surface area contributed by atoms with E-state index in [1.807, 2.05) is 12.1 Å². The quantitative estimate of drug-likeness (QED) is 0.679. The van der Waals surface area contributed by atoms with Gasteiger partial charge in [0.2, 0.25) is 0 Å². The van der Waals surface area contributed by atoms with Crippen molar-refractivity contribution < 1.29 is 4.74 Å². The van der Waals surface area contributed by atoms with E-state index < -0.39 is 0 Å². The zero-order valence-corrected chi connectivity index (χ0v) is 11.8. The number of hydrogen-bond donors (Lipinski definition) is 0. The second-order valence-corrected chi connectivity index (χ2v) is 5.30. The molecule has 1 nitrogen and oxygen atoms in total. The minimum absolute atomic E-state index is 0.514. The third-order valence-corrected chi connectivity index (χ3v) is 3.05. The summed E-state index contributed by atoms with van der Waals surface area (Å²) in [6, 6.07) is 13.2. The minimum atomic E-state index is 0.514. The molecule has 0 aliphatic rings. The van der Waals surface area contributed by atoms with Crippen LogP contribution in [0, 0.1) is 0 Å². The van der Waals surface area contributed by atoms with Gasteiger partial charge < -0.3 is 4.74 Å². The molecule has 2 aromatic carbocycles. The molecule has 0 heterocycles. The maximum Gasteiger partial charge on any atom is 0.130 e. The number of hydrogen-bond acceptors (Lipinski definition) is 1. The van der Waals surface area contributed by atoms with Gasteiger partial charge in [0, 0.05) is 10.0 Å². The average molecular weight is 281 g/mol. The highest BCUT2D eigenvalue weighted by Crippen LogP contribution is 2.29. The van der Waals surface area contributed by atoms with Crippen LogP contribution >= 0.6 is 23.2 Å². The lowest BCUT2D eigenvalue weighted by Crippen LogP contribution is -1.88. The summed E-state index contributed by atoms with van der Waals surface area (Å²) in [6.45, 7) is 4.32. The van der Waals surface area contributed by atoms with Gasteiger partial charge in [0.15, 0.2) is 0 Å². The summed E-state index contributed by atoms with van der Waals surface area (Å²) in [4.78, 5) is 0. The van der Waals surface area contributed by atoms with Crippen molar-refractivity contribution in [3.63, 3.8) is 0 Å². The fourth-order valence-corrected chi connectivity index (χ4v) is 2.15. The van der Waals surface area contributed by atoms with Gasteiger partial charge in [0.25, 0.3) is 0 Å². The molecule has 0 radical (unpaired) electrons. The van der Waals surface area contributed by atoms with Crippen molar-refractivity contribution in [3.8, 4) is 11.5 Å². The first kappa shape index (κ1) is 13.3. The molecule has 0 saturated heterocycles. The van der Waals surface area contributed by atoms with E-state index in [-0.39, 0.29) is 0 Å². The molecule has 0 amide bonds. The molecule has 3 heteroatoms. The summed E-state index contributed by atoms with van der Waals surface area (Å²) in [5.74, 6) is 1.93. The number of ether oxygens (including phenoxy) is 1. The van der Waals surface area contributed by atoms with Crippen molar-refractivity contribution in [1.82, 2.24) is 0 Å². The van der Waals surface area contributed by atoms with Crippen LogP contribution < -0.4 is 4.74 Å². The first-order chi connectivity index (χ1) is 8.54. The zero-order valence-electron chi connectivity index (χ0n) is 10.3. The molecule has 0 aromatic heterocycles. The summed E-state index contributed by atoms with van der Waals surface area (Å²) in [5.41, 5.74) is 1.28. The third kappa shape index (κ3) is 3.41. The molecule has 0 atom stereocenters. The van der Waals surface area contributed by atoms with Gasteiger partial charge in [-0.05, 0) is 41.8 Å². The van der Waals surface area contributed by atoms with Gasteiger partial charge in [-0.3, -0.25) is 0 Å². The zero-order chi connectivity index (χ0) is 13.1. The average Bonchev–Trinajstić information content (AvgIpc) is 2.28. The standard InChI is InChI=1S/C15H14Cl2O/c1-10(2)11-3-5-14(6-4-11)18-15-8-12(16)7-13(17)9-15/h3-10H,1-2H3. The largest absolute Gasteiger partial charge is 0.457 e. The Morgan fingerprint density at radius 3 is 1.89 bits per heavy atom. The van der Waals surface area contributed by atoms with E-state index in [0.717, 1.165) is 5.75 Å². The SMILES string of the molecule is CC(C)c1ccc(Oc2cc(Cl)cc(Cl)c2)cc1. The lowest BCUT2D eigenvalue weighted by molar-refractivity contribution is 0.482. The van der Waals surface area contributed by atoms with E-state index in [4.69, 9.17) is 27.9 Å². The summed E-state index contributed by atoms with van der Waals surface area (Å²) >= 11 is 11.8.